The molecule has 1 aliphatic carbocycles. The first-order chi connectivity index (χ1) is 33.0. The van der Waals surface area contributed by atoms with Crippen LogP contribution in [0.4, 0.5) is 34.1 Å². The molecule has 2 nitrogen and oxygen atoms in total. The van der Waals surface area contributed by atoms with Crippen LogP contribution in [0.25, 0.3) is 32.7 Å². The van der Waals surface area contributed by atoms with E-state index < -0.39 is 21.6 Å². The maximum absolute atomic E-state index is 2.54. The van der Waals surface area contributed by atoms with Crippen molar-refractivity contribution in [2.75, 3.05) is 9.80 Å². The van der Waals surface area contributed by atoms with E-state index in [1.165, 1.54) is 75.1 Å². The summed E-state index contributed by atoms with van der Waals surface area (Å²) in [6.07, 6.45) is 0. The van der Waals surface area contributed by atoms with E-state index in [2.05, 4.69) is 267 Å². The second-order valence-corrected chi connectivity index (χ2v) is 31.8. The quantitative estimate of drug-likeness (QED) is 0.111. The summed E-state index contributed by atoms with van der Waals surface area (Å²) in [5.41, 5.74) is 14.2. The highest BCUT2D eigenvalue weighted by molar-refractivity contribution is 7.99. The molecule has 0 fully saturated rings. The summed E-state index contributed by atoms with van der Waals surface area (Å²) in [5.74, 6) is 0. The molecule has 0 aromatic heterocycles. The van der Waals surface area contributed by atoms with E-state index in [1.54, 1.807) is 0 Å². The number of para-hydroxylation sites is 2. The lowest BCUT2D eigenvalue weighted by Gasteiger charge is -2.40. The van der Waals surface area contributed by atoms with Crippen molar-refractivity contribution in [3.63, 3.8) is 0 Å². The van der Waals surface area contributed by atoms with Gasteiger partial charge in [0.2, 0.25) is 0 Å². The summed E-state index contributed by atoms with van der Waals surface area (Å²) in [6, 6.07) is 82.7. The summed E-state index contributed by atoms with van der Waals surface area (Å²) in [7, 11) is -3.01. The second-order valence-electron chi connectivity index (χ2n) is 20.5. The van der Waals surface area contributed by atoms with Gasteiger partial charge in [0.1, 0.15) is 0 Å². The van der Waals surface area contributed by atoms with Gasteiger partial charge in [-0.3, -0.25) is 0 Å². The highest BCUT2D eigenvalue weighted by atomic mass is 32.2. The normalized spacial score (nSPS) is 13.5. The predicted octanol–water partition coefficient (Wildman–Crippen LogP) is 16.9. The number of nitrogens with zero attached hydrogens (tertiary/aromatic N) is 2. The van der Waals surface area contributed by atoms with Crippen molar-refractivity contribution in [2.24, 2.45) is 0 Å². The molecule has 0 bridgehead atoms. The Balaban J connectivity index is 1.16. The number of anilines is 6. The molecule has 68 heavy (non-hydrogen) atoms. The zero-order chi connectivity index (χ0) is 46.4. The first-order valence-corrected chi connectivity index (χ1v) is 31.7. The smallest absolute Gasteiger partial charge is 0.0775 e. The fourth-order valence-electron chi connectivity index (χ4n) is 11.1. The maximum Gasteiger partial charge on any atom is 0.0775 e. The van der Waals surface area contributed by atoms with E-state index in [0.717, 1.165) is 34.1 Å². The third-order valence-corrected chi connectivity index (χ3v) is 19.7. The van der Waals surface area contributed by atoms with Gasteiger partial charge in [-0.2, -0.15) is 0 Å². The van der Waals surface area contributed by atoms with Gasteiger partial charge in [0.15, 0.2) is 0 Å². The Labute approximate surface area is 407 Å². The molecule has 5 heteroatoms. The van der Waals surface area contributed by atoms with Gasteiger partial charge in [0.25, 0.3) is 0 Å². The molecule has 0 saturated heterocycles. The van der Waals surface area contributed by atoms with E-state index in [4.69, 9.17) is 0 Å². The Morgan fingerprint density at radius 3 is 1.29 bits per heavy atom. The van der Waals surface area contributed by atoms with Gasteiger partial charge in [-0.25, -0.2) is 0 Å². The second kappa shape index (κ2) is 16.1. The summed E-state index contributed by atoms with van der Waals surface area (Å²) in [5, 5.41) is 7.99. The van der Waals surface area contributed by atoms with Crippen LogP contribution in [0.1, 0.15) is 22.3 Å². The number of hydrogen-bond donors (Lipinski definition) is 0. The summed E-state index contributed by atoms with van der Waals surface area (Å²) < 4.78 is 0. The van der Waals surface area contributed by atoms with E-state index in [0.29, 0.717) is 0 Å². The zero-order valence-corrected chi connectivity index (χ0v) is 42.4. The summed E-state index contributed by atoms with van der Waals surface area (Å²) >= 11 is 1.90. The molecule has 2 aliphatic rings. The Kier molecular flexibility index (Phi) is 10.1. The van der Waals surface area contributed by atoms with Gasteiger partial charge >= 0.3 is 0 Å². The standard InChI is InChI=1S/C63H54N2SSi2/c1-67(2,3)49-35-29-45(30-36-49)64(43-19-9-7-10-20-43)47-33-39-53-55(41-47)51-23-13-14-24-52(51)61-54-40-34-48(65(44-21-11-8-12-22-44)46-31-37-50(38-32-46)68(4,5)6)42-58(54)63(62(53)61)56-25-15-17-27-59(56)66-60-28-18-16-26-57(60)63/h7-42H,1-6H3. The molecule has 0 amide bonds. The Bertz CT molecular complexity index is 3510. The molecule has 0 N–H and O–H groups in total. The molecular formula is C63H54N2SSi2. The molecule has 0 unspecified atom stereocenters. The first kappa shape index (κ1) is 42.5. The molecular weight excluding hydrogens is 873 g/mol. The number of rotatable bonds is 8. The number of fused-ring (bicyclic) bond motifs is 14. The van der Waals surface area contributed by atoms with Gasteiger partial charge < -0.3 is 9.80 Å². The average Bonchev–Trinajstić information content (AvgIpc) is 3.65. The first-order valence-electron chi connectivity index (χ1n) is 23.9. The maximum atomic E-state index is 2.54. The topological polar surface area (TPSA) is 6.48 Å². The monoisotopic (exact) mass is 926 g/mol. The van der Waals surface area contributed by atoms with Crippen molar-refractivity contribution in [3.05, 3.63) is 241 Å². The Hall–Kier alpha value is -6.90. The highest BCUT2D eigenvalue weighted by Gasteiger charge is 2.52. The van der Waals surface area contributed by atoms with Crippen LogP contribution in [-0.4, -0.2) is 16.1 Å². The fourth-order valence-corrected chi connectivity index (χ4v) is 14.7. The molecule has 1 heterocycles. The lowest BCUT2D eigenvalue weighted by atomic mass is 9.66. The number of hydrogen-bond acceptors (Lipinski definition) is 3. The van der Waals surface area contributed by atoms with E-state index in [9.17, 15) is 0 Å². The summed E-state index contributed by atoms with van der Waals surface area (Å²) in [4.78, 5) is 7.49. The van der Waals surface area contributed by atoms with Crippen LogP contribution < -0.4 is 20.2 Å². The van der Waals surface area contributed by atoms with Crippen molar-refractivity contribution in [1.29, 1.82) is 0 Å². The fraction of sp³-hybridized carbons (Fsp3) is 0.111. The van der Waals surface area contributed by atoms with Crippen LogP contribution in [0.3, 0.4) is 0 Å². The highest BCUT2D eigenvalue weighted by Crippen LogP contribution is 2.65. The van der Waals surface area contributed by atoms with Crippen LogP contribution in [0.2, 0.25) is 39.3 Å². The molecule has 0 atom stereocenters. The lowest BCUT2D eigenvalue weighted by Crippen LogP contribution is -2.37. The SMILES string of the molecule is C[Si](C)(C)c1ccc(N(c2ccccc2)c2ccc3c(c2)C2(c4ccccc4Sc4ccccc42)c2c-3c3ccccc3c3cc(N(c4ccccc4)c4ccc([Si](C)(C)C)cc4)ccc23)cc1. The minimum absolute atomic E-state index is 0.612. The van der Waals surface area contributed by atoms with Crippen molar-refractivity contribution in [1.82, 2.24) is 0 Å². The average molecular weight is 927 g/mol. The van der Waals surface area contributed by atoms with Crippen molar-refractivity contribution in [2.45, 2.75) is 54.5 Å². The molecule has 330 valence electrons. The largest absolute Gasteiger partial charge is 0.310 e. The van der Waals surface area contributed by atoms with E-state index in [-0.39, 0.29) is 0 Å². The predicted molar refractivity (Wildman–Crippen MR) is 298 cm³/mol. The van der Waals surface area contributed by atoms with Crippen LogP contribution >= 0.6 is 11.8 Å². The Morgan fingerprint density at radius 1 is 0.338 bits per heavy atom. The zero-order valence-electron chi connectivity index (χ0n) is 39.6. The molecule has 0 radical (unpaired) electrons. The van der Waals surface area contributed by atoms with Gasteiger partial charge in [0, 0.05) is 43.9 Å². The molecule has 12 rings (SSSR count). The van der Waals surface area contributed by atoms with Gasteiger partial charge in [-0.05, 0) is 140 Å². The van der Waals surface area contributed by atoms with Gasteiger partial charge in [-0.15, -0.1) is 0 Å². The minimum atomic E-state index is -1.51. The van der Waals surface area contributed by atoms with Gasteiger partial charge in [0.05, 0.1) is 21.6 Å². The molecule has 1 spiro atoms. The Morgan fingerprint density at radius 2 is 0.765 bits per heavy atom. The molecule has 0 saturated carbocycles. The van der Waals surface area contributed by atoms with Crippen LogP contribution in [0.5, 0.6) is 0 Å². The third-order valence-electron chi connectivity index (χ3n) is 14.4. The van der Waals surface area contributed by atoms with E-state index >= 15 is 0 Å². The van der Waals surface area contributed by atoms with E-state index in [1.807, 2.05) is 11.8 Å². The molecule has 10 aromatic carbocycles. The molecule has 10 aromatic rings. The lowest BCUT2D eigenvalue weighted by molar-refractivity contribution is 0.728. The molecule has 1 aliphatic heterocycles. The van der Waals surface area contributed by atoms with Crippen LogP contribution in [0, 0.1) is 0 Å². The van der Waals surface area contributed by atoms with Gasteiger partial charge in [-0.1, -0.05) is 195 Å². The number of benzene rings is 10. The van der Waals surface area contributed by atoms with Crippen molar-refractivity contribution < 1.29 is 0 Å². The minimum Gasteiger partial charge on any atom is -0.310 e. The summed E-state index contributed by atoms with van der Waals surface area (Å²) in [6.45, 7) is 14.5. The van der Waals surface area contributed by atoms with Crippen LogP contribution in [-0.2, 0) is 5.41 Å². The van der Waals surface area contributed by atoms with Crippen molar-refractivity contribution in [3.8, 4) is 11.1 Å². The van der Waals surface area contributed by atoms with Crippen molar-refractivity contribution >= 4 is 94.0 Å². The third kappa shape index (κ3) is 6.74. The van der Waals surface area contributed by atoms with Crippen LogP contribution in [0.15, 0.2) is 228 Å².